The van der Waals surface area contributed by atoms with Crippen molar-refractivity contribution in [1.82, 2.24) is 10.3 Å². The Bertz CT molecular complexity index is 562. The summed E-state index contributed by atoms with van der Waals surface area (Å²) in [5, 5.41) is 3.36. The second kappa shape index (κ2) is 5.92. The van der Waals surface area contributed by atoms with Gasteiger partial charge in [0.05, 0.1) is 24.7 Å². The number of pyridine rings is 1. The van der Waals surface area contributed by atoms with E-state index in [0.29, 0.717) is 0 Å². The molecule has 4 nitrogen and oxygen atoms in total. The number of methoxy groups -OCH3 is 1. The molecule has 1 aliphatic heterocycles. The van der Waals surface area contributed by atoms with Crippen LogP contribution < -0.4 is 15.0 Å². The molecule has 0 amide bonds. The third-order valence-corrected chi connectivity index (χ3v) is 3.61. The molecule has 1 aliphatic rings. The predicted octanol–water partition coefficient (Wildman–Crippen LogP) is 2.17. The molecule has 1 aromatic heterocycles. The number of anilines is 1. The molecule has 1 fully saturated rings. The maximum atomic E-state index is 5.39. The third-order valence-electron chi connectivity index (χ3n) is 3.61. The molecule has 0 radical (unpaired) electrons. The first-order valence-corrected chi connectivity index (χ1v) is 6.93. The number of rotatable bonds is 3. The summed E-state index contributed by atoms with van der Waals surface area (Å²) in [6, 6.07) is 12.2. The highest BCUT2D eigenvalue weighted by atomic mass is 16.5. The van der Waals surface area contributed by atoms with Gasteiger partial charge in [0.25, 0.3) is 0 Å². The van der Waals surface area contributed by atoms with Gasteiger partial charge in [-0.1, -0.05) is 12.1 Å². The molecule has 0 aliphatic carbocycles. The van der Waals surface area contributed by atoms with Crippen LogP contribution in [0.25, 0.3) is 11.3 Å². The minimum Gasteiger partial charge on any atom is -0.496 e. The van der Waals surface area contributed by atoms with Gasteiger partial charge in [-0.05, 0) is 24.3 Å². The third kappa shape index (κ3) is 2.60. The van der Waals surface area contributed by atoms with Crippen molar-refractivity contribution >= 4 is 5.69 Å². The molecule has 3 rings (SSSR count). The molecule has 1 N–H and O–H groups in total. The van der Waals surface area contributed by atoms with Crippen molar-refractivity contribution in [3.05, 3.63) is 42.6 Å². The van der Waals surface area contributed by atoms with Crippen LogP contribution in [-0.4, -0.2) is 38.3 Å². The number of ether oxygens (including phenoxy) is 1. The first kappa shape index (κ1) is 12.9. The summed E-state index contributed by atoms with van der Waals surface area (Å²) in [5.74, 6) is 0.856. The first-order chi connectivity index (χ1) is 9.88. The average molecular weight is 269 g/mol. The molecule has 20 heavy (non-hydrogen) atoms. The smallest absolute Gasteiger partial charge is 0.128 e. The van der Waals surface area contributed by atoms with Crippen molar-refractivity contribution in [2.45, 2.75) is 0 Å². The molecule has 2 aromatic rings. The number of aromatic nitrogens is 1. The Morgan fingerprint density at radius 3 is 2.60 bits per heavy atom. The Labute approximate surface area is 119 Å². The van der Waals surface area contributed by atoms with Crippen molar-refractivity contribution in [3.8, 4) is 17.0 Å². The molecule has 0 saturated carbocycles. The monoisotopic (exact) mass is 269 g/mol. The number of nitrogens with one attached hydrogen (secondary N) is 1. The molecule has 0 spiro atoms. The Morgan fingerprint density at radius 2 is 1.90 bits per heavy atom. The first-order valence-electron chi connectivity index (χ1n) is 6.93. The Kier molecular flexibility index (Phi) is 3.83. The maximum Gasteiger partial charge on any atom is 0.128 e. The van der Waals surface area contributed by atoms with E-state index < -0.39 is 0 Å². The van der Waals surface area contributed by atoms with Gasteiger partial charge < -0.3 is 15.0 Å². The van der Waals surface area contributed by atoms with E-state index in [0.717, 1.165) is 43.2 Å². The highest BCUT2D eigenvalue weighted by Gasteiger charge is 2.11. The summed E-state index contributed by atoms with van der Waals surface area (Å²) in [6.07, 6.45) is 1.95. The Morgan fingerprint density at radius 1 is 1.10 bits per heavy atom. The van der Waals surface area contributed by atoms with Crippen LogP contribution in [0.1, 0.15) is 0 Å². The fourth-order valence-electron chi connectivity index (χ4n) is 2.51. The van der Waals surface area contributed by atoms with E-state index in [9.17, 15) is 0 Å². The molecule has 0 unspecified atom stereocenters. The largest absolute Gasteiger partial charge is 0.496 e. The van der Waals surface area contributed by atoms with Crippen molar-refractivity contribution in [2.24, 2.45) is 0 Å². The minimum absolute atomic E-state index is 0.856. The molecule has 1 saturated heterocycles. The van der Waals surface area contributed by atoms with Crippen LogP contribution in [0, 0.1) is 0 Å². The number of para-hydroxylation sites is 1. The lowest BCUT2D eigenvalue weighted by Crippen LogP contribution is -2.43. The zero-order valence-electron chi connectivity index (χ0n) is 11.7. The fraction of sp³-hybridized carbons (Fsp3) is 0.312. The zero-order chi connectivity index (χ0) is 13.8. The van der Waals surface area contributed by atoms with Crippen LogP contribution in [0.2, 0.25) is 0 Å². The molecule has 1 aromatic carbocycles. The SMILES string of the molecule is COc1ccccc1-c1ccc(N2CCNCC2)cn1. The number of hydrogen-bond donors (Lipinski definition) is 1. The van der Waals surface area contributed by atoms with Gasteiger partial charge in [-0.3, -0.25) is 4.98 Å². The lowest BCUT2D eigenvalue weighted by molar-refractivity contribution is 0.416. The second-order valence-electron chi connectivity index (χ2n) is 4.84. The van der Waals surface area contributed by atoms with E-state index in [4.69, 9.17) is 4.74 Å². The summed E-state index contributed by atoms with van der Waals surface area (Å²) in [6.45, 7) is 4.15. The highest BCUT2D eigenvalue weighted by Crippen LogP contribution is 2.28. The van der Waals surface area contributed by atoms with Crippen molar-refractivity contribution in [1.29, 1.82) is 0 Å². The van der Waals surface area contributed by atoms with E-state index in [1.807, 2.05) is 30.5 Å². The van der Waals surface area contributed by atoms with Gasteiger partial charge in [-0.2, -0.15) is 0 Å². The molecular weight excluding hydrogens is 250 g/mol. The van der Waals surface area contributed by atoms with Crippen LogP contribution in [0.4, 0.5) is 5.69 Å². The van der Waals surface area contributed by atoms with Gasteiger partial charge in [0.1, 0.15) is 5.75 Å². The van der Waals surface area contributed by atoms with E-state index >= 15 is 0 Å². The summed E-state index contributed by atoms with van der Waals surface area (Å²) in [5.41, 5.74) is 3.16. The van der Waals surface area contributed by atoms with Crippen molar-refractivity contribution in [3.63, 3.8) is 0 Å². The highest BCUT2D eigenvalue weighted by molar-refractivity contribution is 5.68. The summed E-state index contributed by atoms with van der Waals surface area (Å²) in [7, 11) is 1.69. The summed E-state index contributed by atoms with van der Waals surface area (Å²) < 4.78 is 5.39. The lowest BCUT2D eigenvalue weighted by atomic mass is 10.1. The molecular formula is C16H19N3O. The van der Waals surface area contributed by atoms with Crippen LogP contribution in [-0.2, 0) is 0 Å². The lowest BCUT2D eigenvalue weighted by Gasteiger charge is -2.29. The standard InChI is InChI=1S/C16H19N3O/c1-20-16-5-3-2-4-14(16)15-7-6-13(12-18-15)19-10-8-17-9-11-19/h2-7,12,17H,8-11H2,1H3. The normalized spacial score (nSPS) is 15.2. The van der Waals surface area contributed by atoms with E-state index in [1.54, 1.807) is 7.11 Å². The number of benzene rings is 1. The van der Waals surface area contributed by atoms with E-state index in [2.05, 4.69) is 27.3 Å². The van der Waals surface area contributed by atoms with E-state index in [-0.39, 0.29) is 0 Å². The van der Waals surface area contributed by atoms with Gasteiger partial charge in [0.15, 0.2) is 0 Å². The summed E-state index contributed by atoms with van der Waals surface area (Å²) in [4.78, 5) is 6.95. The van der Waals surface area contributed by atoms with Gasteiger partial charge >= 0.3 is 0 Å². The van der Waals surface area contributed by atoms with Crippen LogP contribution in [0.3, 0.4) is 0 Å². The predicted molar refractivity (Wildman–Crippen MR) is 81.3 cm³/mol. The molecule has 104 valence electrons. The molecule has 0 bridgehead atoms. The Hall–Kier alpha value is -2.07. The maximum absolute atomic E-state index is 5.39. The Balaban J connectivity index is 1.85. The minimum atomic E-state index is 0.856. The number of nitrogens with zero attached hydrogens (tertiary/aromatic N) is 2. The summed E-state index contributed by atoms with van der Waals surface area (Å²) >= 11 is 0. The van der Waals surface area contributed by atoms with E-state index in [1.165, 1.54) is 5.69 Å². The van der Waals surface area contributed by atoms with Crippen LogP contribution in [0.15, 0.2) is 42.6 Å². The van der Waals surface area contributed by atoms with Crippen LogP contribution in [0.5, 0.6) is 5.75 Å². The van der Waals surface area contributed by atoms with Crippen LogP contribution >= 0.6 is 0 Å². The molecule has 0 atom stereocenters. The average Bonchev–Trinajstić information content (AvgIpc) is 2.56. The van der Waals surface area contributed by atoms with Crippen molar-refractivity contribution in [2.75, 3.05) is 38.2 Å². The number of piperazine rings is 1. The fourth-order valence-corrected chi connectivity index (χ4v) is 2.51. The van der Waals surface area contributed by atoms with Crippen molar-refractivity contribution < 1.29 is 4.74 Å². The topological polar surface area (TPSA) is 37.4 Å². The second-order valence-corrected chi connectivity index (χ2v) is 4.84. The van der Waals surface area contributed by atoms with Gasteiger partial charge in [-0.15, -0.1) is 0 Å². The van der Waals surface area contributed by atoms with Gasteiger partial charge in [0.2, 0.25) is 0 Å². The van der Waals surface area contributed by atoms with Gasteiger partial charge in [-0.25, -0.2) is 0 Å². The zero-order valence-corrected chi connectivity index (χ0v) is 11.7. The van der Waals surface area contributed by atoms with Gasteiger partial charge in [0, 0.05) is 31.7 Å². The quantitative estimate of drug-likeness (QED) is 0.926. The molecule has 2 heterocycles. The number of hydrogen-bond acceptors (Lipinski definition) is 4. The molecule has 4 heteroatoms.